The molecule has 0 nitrogen and oxygen atoms in total. The lowest BCUT2D eigenvalue weighted by molar-refractivity contribution is 1.41. The molecule has 2 rings (SSSR count). The predicted molar refractivity (Wildman–Crippen MR) is 66.2 cm³/mol. The van der Waals surface area contributed by atoms with E-state index in [9.17, 15) is 0 Å². The lowest BCUT2D eigenvalue weighted by atomic mass is 10.1. The zero-order chi connectivity index (χ0) is 9.26. The zero-order valence-electron chi connectivity index (χ0n) is 6.93. The van der Waals surface area contributed by atoms with Crippen LogP contribution < -0.4 is 0 Å². The fraction of sp³-hybridized carbons (Fsp3) is 0.0909. The Bertz CT molecular complexity index is 437. The lowest BCUT2D eigenvalue weighted by Crippen LogP contribution is -1.86. The Balaban J connectivity index is 2.84. The quantitative estimate of drug-likeness (QED) is 0.547. The second-order valence-corrected chi connectivity index (χ2v) is 4.31. The van der Waals surface area contributed by atoms with Crippen molar-refractivity contribution in [2.45, 2.75) is 5.88 Å². The molecule has 0 bridgehead atoms. The van der Waals surface area contributed by atoms with Gasteiger partial charge in [0.15, 0.2) is 0 Å². The van der Waals surface area contributed by atoms with Crippen molar-refractivity contribution in [2.75, 3.05) is 0 Å². The van der Waals surface area contributed by atoms with Crippen molar-refractivity contribution in [3.05, 3.63) is 45.5 Å². The SMILES string of the molecule is ClCc1c(I)ccc2ccccc12. The van der Waals surface area contributed by atoms with Gasteiger partial charge in [0.1, 0.15) is 0 Å². The first-order valence-electron chi connectivity index (χ1n) is 4.05. The van der Waals surface area contributed by atoms with E-state index in [1.165, 1.54) is 19.9 Å². The highest BCUT2D eigenvalue weighted by molar-refractivity contribution is 14.1. The number of rotatable bonds is 1. The summed E-state index contributed by atoms with van der Waals surface area (Å²) in [7, 11) is 0. The second-order valence-electron chi connectivity index (χ2n) is 2.88. The second kappa shape index (κ2) is 3.84. The van der Waals surface area contributed by atoms with Gasteiger partial charge in [0.25, 0.3) is 0 Å². The Labute approximate surface area is 96.0 Å². The first kappa shape index (κ1) is 9.28. The number of benzene rings is 2. The molecular formula is C11H8ClI. The van der Waals surface area contributed by atoms with Gasteiger partial charge in [0.05, 0.1) is 0 Å². The molecule has 0 saturated heterocycles. The fourth-order valence-corrected chi connectivity index (χ4v) is 2.62. The van der Waals surface area contributed by atoms with Gasteiger partial charge in [-0.2, -0.15) is 0 Å². The van der Waals surface area contributed by atoms with E-state index in [4.69, 9.17) is 11.6 Å². The summed E-state index contributed by atoms with van der Waals surface area (Å²) in [6.07, 6.45) is 0. The molecule has 0 unspecified atom stereocenters. The summed E-state index contributed by atoms with van der Waals surface area (Å²) in [6.45, 7) is 0. The maximum atomic E-state index is 5.91. The molecule has 0 aliphatic heterocycles. The van der Waals surface area contributed by atoms with E-state index in [0.29, 0.717) is 5.88 Å². The monoisotopic (exact) mass is 302 g/mol. The standard InChI is InChI=1S/C11H8ClI/c12-7-10-9-4-2-1-3-8(9)5-6-11(10)13/h1-6H,7H2. The topological polar surface area (TPSA) is 0 Å². The maximum absolute atomic E-state index is 5.91. The Kier molecular flexibility index (Phi) is 2.74. The molecule has 0 aliphatic rings. The van der Waals surface area contributed by atoms with E-state index in [1.807, 2.05) is 6.07 Å². The number of hydrogen-bond acceptors (Lipinski definition) is 0. The summed E-state index contributed by atoms with van der Waals surface area (Å²) in [5, 5.41) is 2.53. The van der Waals surface area contributed by atoms with Crippen molar-refractivity contribution in [3.8, 4) is 0 Å². The molecule has 13 heavy (non-hydrogen) atoms. The van der Waals surface area contributed by atoms with Gasteiger partial charge in [0, 0.05) is 9.45 Å². The summed E-state index contributed by atoms with van der Waals surface area (Å²) < 4.78 is 1.24. The lowest BCUT2D eigenvalue weighted by Gasteiger charge is -2.05. The highest BCUT2D eigenvalue weighted by Crippen LogP contribution is 2.24. The normalized spacial score (nSPS) is 10.6. The molecule has 0 aliphatic carbocycles. The first-order chi connectivity index (χ1) is 6.33. The number of fused-ring (bicyclic) bond motifs is 1. The third kappa shape index (κ3) is 1.67. The van der Waals surface area contributed by atoms with Crippen LogP contribution in [0.2, 0.25) is 0 Å². The number of alkyl halides is 1. The molecule has 0 saturated carbocycles. The number of hydrogen-bond donors (Lipinski definition) is 0. The van der Waals surface area contributed by atoms with Crippen LogP contribution in [-0.4, -0.2) is 0 Å². The van der Waals surface area contributed by atoms with Crippen LogP contribution in [-0.2, 0) is 5.88 Å². The van der Waals surface area contributed by atoms with Gasteiger partial charge in [0.2, 0.25) is 0 Å². The predicted octanol–water partition coefficient (Wildman–Crippen LogP) is 4.18. The van der Waals surface area contributed by atoms with E-state index >= 15 is 0 Å². The van der Waals surface area contributed by atoms with Crippen LogP contribution in [0.1, 0.15) is 5.56 Å². The number of halogens is 2. The molecule has 0 radical (unpaired) electrons. The summed E-state index contributed by atoms with van der Waals surface area (Å²) in [5.74, 6) is 0.583. The van der Waals surface area contributed by atoms with Gasteiger partial charge in [-0.05, 0) is 45.0 Å². The molecule has 0 spiro atoms. The minimum Gasteiger partial charge on any atom is -0.121 e. The minimum absolute atomic E-state index is 0.583. The molecule has 0 atom stereocenters. The molecule has 0 aromatic heterocycles. The average molecular weight is 303 g/mol. The molecule has 66 valence electrons. The van der Waals surface area contributed by atoms with Gasteiger partial charge in [-0.25, -0.2) is 0 Å². The molecule has 2 heteroatoms. The molecule has 0 fully saturated rings. The van der Waals surface area contributed by atoms with Crippen molar-refractivity contribution < 1.29 is 0 Å². The van der Waals surface area contributed by atoms with Crippen LogP contribution in [0, 0.1) is 3.57 Å². The smallest absolute Gasteiger partial charge is 0.0490 e. The van der Waals surface area contributed by atoms with Crippen molar-refractivity contribution in [2.24, 2.45) is 0 Å². The summed E-state index contributed by atoms with van der Waals surface area (Å²) in [5.41, 5.74) is 1.24. The highest BCUT2D eigenvalue weighted by Gasteiger charge is 2.02. The van der Waals surface area contributed by atoms with E-state index in [2.05, 4.69) is 52.9 Å². The van der Waals surface area contributed by atoms with E-state index in [0.717, 1.165) is 0 Å². The first-order valence-corrected chi connectivity index (χ1v) is 5.66. The molecule has 0 N–H and O–H groups in total. The van der Waals surface area contributed by atoms with Gasteiger partial charge in [-0.15, -0.1) is 11.6 Å². The third-order valence-corrected chi connectivity index (χ3v) is 3.39. The van der Waals surface area contributed by atoms with Crippen molar-refractivity contribution in [1.82, 2.24) is 0 Å². The minimum atomic E-state index is 0.583. The summed E-state index contributed by atoms with van der Waals surface area (Å²) in [4.78, 5) is 0. The van der Waals surface area contributed by atoms with Crippen LogP contribution in [0.3, 0.4) is 0 Å². The van der Waals surface area contributed by atoms with Gasteiger partial charge >= 0.3 is 0 Å². The maximum Gasteiger partial charge on any atom is 0.0490 e. The summed E-state index contributed by atoms with van der Waals surface area (Å²) in [6, 6.07) is 12.6. The van der Waals surface area contributed by atoms with Gasteiger partial charge in [-0.3, -0.25) is 0 Å². The van der Waals surface area contributed by atoms with Crippen LogP contribution >= 0.6 is 34.2 Å². The largest absolute Gasteiger partial charge is 0.121 e. The van der Waals surface area contributed by atoms with Crippen LogP contribution in [0.4, 0.5) is 0 Å². The van der Waals surface area contributed by atoms with Crippen LogP contribution in [0.5, 0.6) is 0 Å². The van der Waals surface area contributed by atoms with Gasteiger partial charge < -0.3 is 0 Å². The highest BCUT2D eigenvalue weighted by atomic mass is 127. The van der Waals surface area contributed by atoms with E-state index in [-0.39, 0.29) is 0 Å². The Morgan fingerprint density at radius 2 is 1.85 bits per heavy atom. The Morgan fingerprint density at radius 3 is 2.62 bits per heavy atom. The molecule has 2 aromatic carbocycles. The molecule has 0 heterocycles. The van der Waals surface area contributed by atoms with E-state index < -0.39 is 0 Å². The van der Waals surface area contributed by atoms with Crippen molar-refractivity contribution in [3.63, 3.8) is 0 Å². The van der Waals surface area contributed by atoms with Gasteiger partial charge in [-0.1, -0.05) is 30.3 Å². The zero-order valence-corrected chi connectivity index (χ0v) is 9.84. The summed E-state index contributed by atoms with van der Waals surface area (Å²) >= 11 is 8.23. The van der Waals surface area contributed by atoms with Crippen molar-refractivity contribution >= 4 is 45.0 Å². The average Bonchev–Trinajstić information content (AvgIpc) is 2.18. The molecule has 2 aromatic rings. The Morgan fingerprint density at radius 1 is 1.08 bits per heavy atom. The third-order valence-electron chi connectivity index (χ3n) is 2.12. The van der Waals surface area contributed by atoms with Crippen molar-refractivity contribution in [1.29, 1.82) is 0 Å². The fourth-order valence-electron chi connectivity index (χ4n) is 1.45. The molecule has 0 amide bonds. The van der Waals surface area contributed by atoms with Crippen LogP contribution in [0.25, 0.3) is 10.8 Å². The molecular weight excluding hydrogens is 294 g/mol. The Hall–Kier alpha value is -0.280. The van der Waals surface area contributed by atoms with Crippen LogP contribution in [0.15, 0.2) is 36.4 Å². The van der Waals surface area contributed by atoms with E-state index in [1.54, 1.807) is 0 Å².